The van der Waals surface area contributed by atoms with E-state index in [9.17, 15) is 22.8 Å². The number of halogens is 3. The third-order valence-corrected chi connectivity index (χ3v) is 6.89. The summed E-state index contributed by atoms with van der Waals surface area (Å²) in [5.74, 6) is -3.86. The number of oxazole rings is 1. The molecule has 0 unspecified atom stereocenters. The zero-order valence-corrected chi connectivity index (χ0v) is 18.5. The highest BCUT2D eigenvalue weighted by molar-refractivity contribution is 5.97. The molecule has 4 heterocycles. The van der Waals surface area contributed by atoms with Gasteiger partial charge in [0.05, 0.1) is 48.8 Å². The van der Waals surface area contributed by atoms with E-state index in [1.165, 1.54) is 12.5 Å². The van der Waals surface area contributed by atoms with Crippen LogP contribution in [-0.4, -0.2) is 44.2 Å². The molecule has 35 heavy (non-hydrogen) atoms. The van der Waals surface area contributed by atoms with Crippen LogP contribution in [0.5, 0.6) is 0 Å². The average molecular weight is 486 g/mol. The molecular weight excluding hydrogens is 465 g/mol. The Labute approximate surface area is 197 Å². The van der Waals surface area contributed by atoms with Gasteiger partial charge in [-0.05, 0) is 18.8 Å². The van der Waals surface area contributed by atoms with Crippen molar-refractivity contribution >= 4 is 23.3 Å². The van der Waals surface area contributed by atoms with Gasteiger partial charge < -0.3 is 19.5 Å². The van der Waals surface area contributed by atoms with E-state index in [1.807, 2.05) is 4.68 Å². The summed E-state index contributed by atoms with van der Waals surface area (Å²) in [5, 5.41) is 6.97. The maximum absolute atomic E-state index is 13.7. The van der Waals surface area contributed by atoms with Gasteiger partial charge in [0.2, 0.25) is 5.91 Å². The fourth-order valence-electron chi connectivity index (χ4n) is 4.97. The summed E-state index contributed by atoms with van der Waals surface area (Å²) in [6.45, 7) is 0.969. The summed E-state index contributed by atoms with van der Waals surface area (Å²) in [6, 6.07) is 0.762. The van der Waals surface area contributed by atoms with E-state index in [0.717, 1.165) is 25.0 Å². The number of rotatable bonds is 4. The summed E-state index contributed by atoms with van der Waals surface area (Å²) < 4.78 is 47.8. The zero-order valence-electron chi connectivity index (χ0n) is 18.5. The maximum atomic E-state index is 13.7. The molecule has 2 aromatic heterocycles. The number of amides is 3. The first kappa shape index (κ1) is 21.7. The molecular formula is C23H21F3N6O3. The van der Waals surface area contributed by atoms with Crippen molar-refractivity contribution in [2.24, 2.45) is 5.92 Å². The lowest BCUT2D eigenvalue weighted by Crippen LogP contribution is -2.49. The number of benzene rings is 1. The lowest BCUT2D eigenvalue weighted by molar-refractivity contribution is -0.117. The Hall–Kier alpha value is -3.83. The minimum Gasteiger partial charge on any atom is -0.449 e. The van der Waals surface area contributed by atoms with Crippen molar-refractivity contribution in [3.8, 4) is 0 Å². The Kier molecular flexibility index (Phi) is 5.04. The van der Waals surface area contributed by atoms with Gasteiger partial charge in [0.15, 0.2) is 23.3 Å². The van der Waals surface area contributed by atoms with Gasteiger partial charge in [0.1, 0.15) is 6.26 Å². The standard InChI is InChI=1S/C23H21F3N6O3/c24-15-6-14(7-16(25)21(15)26)29-23(34)31-10-19-17(8-28-32(19)11-18(31)12-1-2-12)30-9-13(5-20(30)33)22-27-3-4-35-22/h3-4,6-8,12-13,18H,1-2,5,9-11H2,(H,29,34)/t13-,18+/m0/s1. The van der Waals surface area contributed by atoms with Crippen LogP contribution in [0.2, 0.25) is 0 Å². The topological polar surface area (TPSA) is 96.5 Å². The number of hydrogen-bond acceptors (Lipinski definition) is 5. The van der Waals surface area contributed by atoms with Gasteiger partial charge in [-0.2, -0.15) is 5.10 Å². The number of nitrogens with one attached hydrogen (secondary N) is 1. The predicted molar refractivity (Wildman–Crippen MR) is 116 cm³/mol. The van der Waals surface area contributed by atoms with Gasteiger partial charge in [-0.1, -0.05) is 0 Å². The fourth-order valence-corrected chi connectivity index (χ4v) is 4.97. The smallest absolute Gasteiger partial charge is 0.322 e. The predicted octanol–water partition coefficient (Wildman–Crippen LogP) is 3.64. The minimum absolute atomic E-state index is 0.0958. The number of anilines is 2. The van der Waals surface area contributed by atoms with Crippen molar-refractivity contribution in [1.29, 1.82) is 0 Å². The van der Waals surface area contributed by atoms with Crippen LogP contribution < -0.4 is 10.2 Å². The average Bonchev–Trinajstić information content (AvgIpc) is 3.20. The van der Waals surface area contributed by atoms with Crippen LogP contribution in [-0.2, 0) is 17.9 Å². The number of carbonyl (C=O) groups is 2. The molecule has 1 aliphatic carbocycles. The highest BCUT2D eigenvalue weighted by Crippen LogP contribution is 2.41. The molecule has 0 spiro atoms. The molecule has 3 aliphatic rings. The third-order valence-electron chi connectivity index (χ3n) is 6.89. The Morgan fingerprint density at radius 2 is 1.91 bits per heavy atom. The van der Waals surface area contributed by atoms with E-state index >= 15 is 0 Å². The van der Waals surface area contributed by atoms with E-state index in [1.54, 1.807) is 16.0 Å². The molecule has 12 heteroatoms. The number of hydrogen-bond donors (Lipinski definition) is 1. The van der Waals surface area contributed by atoms with Gasteiger partial charge in [0.25, 0.3) is 0 Å². The normalized spacial score (nSPS) is 22.0. The van der Waals surface area contributed by atoms with Gasteiger partial charge in [-0.3, -0.25) is 9.48 Å². The number of nitrogens with zero attached hydrogens (tertiary/aromatic N) is 5. The number of urea groups is 1. The summed E-state index contributed by atoms with van der Waals surface area (Å²) in [5.41, 5.74) is 1.12. The van der Waals surface area contributed by atoms with Gasteiger partial charge in [-0.25, -0.2) is 22.9 Å². The van der Waals surface area contributed by atoms with Crippen LogP contribution >= 0.6 is 0 Å². The largest absolute Gasteiger partial charge is 0.449 e. The van der Waals surface area contributed by atoms with E-state index in [4.69, 9.17) is 4.42 Å². The second-order valence-corrected chi connectivity index (χ2v) is 9.15. The molecule has 1 saturated carbocycles. The molecule has 1 aromatic carbocycles. The lowest BCUT2D eigenvalue weighted by Gasteiger charge is -2.37. The highest BCUT2D eigenvalue weighted by atomic mass is 19.2. The molecule has 1 saturated heterocycles. The van der Waals surface area contributed by atoms with E-state index in [2.05, 4.69) is 15.4 Å². The molecule has 2 fully saturated rings. The van der Waals surface area contributed by atoms with Gasteiger partial charge in [-0.15, -0.1) is 0 Å². The van der Waals surface area contributed by atoms with Crippen molar-refractivity contribution in [2.45, 2.75) is 44.3 Å². The van der Waals surface area contributed by atoms with Crippen LogP contribution in [0, 0.1) is 23.4 Å². The number of carbonyl (C=O) groups excluding carboxylic acids is 2. The van der Waals surface area contributed by atoms with Crippen LogP contribution in [0.3, 0.4) is 0 Å². The molecule has 3 amide bonds. The van der Waals surface area contributed by atoms with E-state index in [0.29, 0.717) is 30.4 Å². The molecule has 0 bridgehead atoms. The second-order valence-electron chi connectivity index (χ2n) is 9.15. The minimum atomic E-state index is -1.59. The number of aromatic nitrogens is 3. The van der Waals surface area contributed by atoms with Crippen molar-refractivity contribution in [3.63, 3.8) is 0 Å². The molecule has 9 nitrogen and oxygen atoms in total. The molecule has 1 N–H and O–H groups in total. The quantitative estimate of drug-likeness (QED) is 0.568. The first-order valence-corrected chi connectivity index (χ1v) is 11.4. The molecule has 182 valence electrons. The van der Waals surface area contributed by atoms with Crippen molar-refractivity contribution in [2.75, 3.05) is 16.8 Å². The lowest BCUT2D eigenvalue weighted by atomic mass is 10.1. The first-order chi connectivity index (χ1) is 16.9. The second kappa shape index (κ2) is 8.14. The molecule has 2 atom stereocenters. The van der Waals surface area contributed by atoms with Crippen LogP contribution in [0.15, 0.2) is 35.2 Å². The van der Waals surface area contributed by atoms with Crippen molar-refractivity contribution in [1.82, 2.24) is 19.7 Å². The summed E-state index contributed by atoms with van der Waals surface area (Å²) >= 11 is 0. The Bertz CT molecular complexity index is 1280. The van der Waals surface area contributed by atoms with Gasteiger partial charge >= 0.3 is 6.03 Å². The summed E-state index contributed by atoms with van der Waals surface area (Å²) in [6.07, 6.45) is 6.80. The van der Waals surface area contributed by atoms with Crippen LogP contribution in [0.1, 0.15) is 36.8 Å². The van der Waals surface area contributed by atoms with Gasteiger partial charge in [0, 0.05) is 30.8 Å². The Morgan fingerprint density at radius 3 is 2.60 bits per heavy atom. The Balaban J connectivity index is 1.26. The monoisotopic (exact) mass is 486 g/mol. The SMILES string of the molecule is O=C1C[C@H](c2ncco2)CN1c1cnn2c1CN(C(=O)Nc1cc(F)c(F)c(F)c1)[C@@H](C1CC1)C2. The third kappa shape index (κ3) is 3.82. The molecule has 0 radical (unpaired) electrons. The van der Waals surface area contributed by atoms with Crippen molar-refractivity contribution in [3.05, 3.63) is 59.8 Å². The Morgan fingerprint density at radius 1 is 1.14 bits per heavy atom. The fraction of sp³-hybridized carbons (Fsp3) is 0.391. The molecule has 2 aliphatic heterocycles. The maximum Gasteiger partial charge on any atom is 0.322 e. The highest BCUT2D eigenvalue weighted by Gasteiger charge is 2.43. The zero-order chi connectivity index (χ0) is 24.3. The first-order valence-electron chi connectivity index (χ1n) is 11.4. The molecule has 6 rings (SSSR count). The van der Waals surface area contributed by atoms with Crippen LogP contribution in [0.25, 0.3) is 0 Å². The van der Waals surface area contributed by atoms with Crippen LogP contribution in [0.4, 0.5) is 29.3 Å². The van der Waals surface area contributed by atoms with E-state index in [-0.39, 0.29) is 42.4 Å². The summed E-state index contributed by atoms with van der Waals surface area (Å²) in [4.78, 5) is 33.4. The van der Waals surface area contributed by atoms with Crippen molar-refractivity contribution < 1.29 is 27.2 Å². The number of fused-ring (bicyclic) bond motifs is 1. The summed E-state index contributed by atoms with van der Waals surface area (Å²) in [7, 11) is 0. The molecule has 3 aromatic rings. The van der Waals surface area contributed by atoms with E-state index < -0.39 is 23.5 Å².